The molecule has 1 N–H and O–H groups in total. The number of rotatable bonds is 3. The molecule has 0 saturated carbocycles. The Morgan fingerprint density at radius 2 is 1.68 bits per heavy atom. The van der Waals surface area contributed by atoms with Crippen molar-refractivity contribution in [3.05, 3.63) is 71.8 Å². The molecule has 0 aliphatic carbocycles. The maximum Gasteiger partial charge on any atom is 0.167 e. The molecule has 0 amide bonds. The predicted octanol–water partition coefficient (Wildman–Crippen LogP) is 2.95. The number of aliphatic hydroxyl groups is 1. The van der Waals surface area contributed by atoms with Crippen molar-refractivity contribution in [3.63, 3.8) is 0 Å². The Balaban J connectivity index is 1.89. The van der Waals surface area contributed by atoms with Crippen molar-refractivity contribution in [3.8, 4) is 0 Å². The van der Waals surface area contributed by atoms with E-state index in [1.807, 2.05) is 36.4 Å². The van der Waals surface area contributed by atoms with Crippen molar-refractivity contribution >= 4 is 5.78 Å². The Morgan fingerprint density at radius 3 is 2.32 bits per heavy atom. The molecule has 22 heavy (non-hydrogen) atoms. The normalized spacial score (nSPS) is 26.1. The second-order valence-corrected chi connectivity index (χ2v) is 6.22. The summed E-state index contributed by atoms with van der Waals surface area (Å²) in [7, 11) is 0. The minimum Gasteiger partial charge on any atom is -0.381 e. The molecular weight excluding hydrogens is 274 g/mol. The molecule has 0 aromatic heterocycles. The predicted molar refractivity (Wildman–Crippen MR) is 86.3 cm³/mol. The first-order valence-corrected chi connectivity index (χ1v) is 7.65. The van der Waals surface area contributed by atoms with E-state index in [0.29, 0.717) is 13.0 Å². The molecule has 2 aromatic carbocycles. The smallest absolute Gasteiger partial charge is 0.167 e. The Labute approximate surface area is 131 Å². The zero-order chi connectivity index (χ0) is 15.6. The Hall–Kier alpha value is -1.97. The monoisotopic (exact) mass is 295 g/mol. The summed E-state index contributed by atoms with van der Waals surface area (Å²) in [4.78, 5) is 14.4. The van der Waals surface area contributed by atoms with Crippen molar-refractivity contribution < 1.29 is 9.90 Å². The number of carbonyl (C=O) groups excluding carboxylic acids is 1. The van der Waals surface area contributed by atoms with Crippen LogP contribution >= 0.6 is 0 Å². The van der Waals surface area contributed by atoms with Crippen LogP contribution in [0.5, 0.6) is 0 Å². The van der Waals surface area contributed by atoms with Gasteiger partial charge < -0.3 is 5.11 Å². The molecule has 0 bridgehead atoms. The van der Waals surface area contributed by atoms with Crippen LogP contribution in [0.15, 0.2) is 60.7 Å². The van der Waals surface area contributed by atoms with Crippen LogP contribution in [0.1, 0.15) is 30.5 Å². The molecule has 3 rings (SSSR count). The van der Waals surface area contributed by atoms with Gasteiger partial charge in [0.05, 0.1) is 0 Å². The van der Waals surface area contributed by atoms with Crippen molar-refractivity contribution in [1.82, 2.24) is 4.90 Å². The fourth-order valence-electron chi connectivity index (χ4n) is 3.11. The Bertz CT molecular complexity index is 637. The fraction of sp³-hybridized carbons (Fsp3) is 0.316. The lowest BCUT2D eigenvalue weighted by Crippen LogP contribution is -2.53. The number of Topliss-reactive ketones (excluding diaryl/α,β-unsaturated/α-hetero) is 1. The van der Waals surface area contributed by atoms with Crippen LogP contribution in [0.3, 0.4) is 0 Å². The van der Waals surface area contributed by atoms with Crippen LogP contribution in [-0.2, 0) is 11.3 Å². The summed E-state index contributed by atoms with van der Waals surface area (Å²) in [6, 6.07) is 20.3. The molecule has 0 spiro atoms. The molecule has 1 saturated heterocycles. The average Bonchev–Trinajstić information content (AvgIpc) is 2.52. The highest BCUT2D eigenvalue weighted by molar-refractivity contribution is 5.88. The number of hydrogen-bond acceptors (Lipinski definition) is 3. The van der Waals surface area contributed by atoms with E-state index in [0.717, 1.165) is 12.1 Å². The number of benzene rings is 2. The molecule has 1 fully saturated rings. The van der Waals surface area contributed by atoms with E-state index in [9.17, 15) is 9.90 Å². The van der Waals surface area contributed by atoms with Crippen LogP contribution in [0.2, 0.25) is 0 Å². The summed E-state index contributed by atoms with van der Waals surface area (Å²) < 4.78 is 0. The zero-order valence-electron chi connectivity index (χ0n) is 12.8. The average molecular weight is 295 g/mol. The van der Waals surface area contributed by atoms with Crippen molar-refractivity contribution in [2.24, 2.45) is 0 Å². The van der Waals surface area contributed by atoms with Crippen LogP contribution < -0.4 is 0 Å². The van der Waals surface area contributed by atoms with Gasteiger partial charge in [0, 0.05) is 25.6 Å². The van der Waals surface area contributed by atoms with Gasteiger partial charge in [0.1, 0.15) is 5.60 Å². The van der Waals surface area contributed by atoms with Gasteiger partial charge in [-0.1, -0.05) is 60.7 Å². The molecular formula is C19H21NO2. The highest BCUT2D eigenvalue weighted by Crippen LogP contribution is 2.34. The molecule has 1 aliphatic rings. The summed E-state index contributed by atoms with van der Waals surface area (Å²) in [6.07, 6.45) is 0.351. The number of hydrogen-bond donors (Lipinski definition) is 1. The lowest BCUT2D eigenvalue weighted by atomic mass is 9.85. The Morgan fingerprint density at radius 1 is 1.09 bits per heavy atom. The SMILES string of the molecule is C[C@@]1(O)CN(Cc2ccccc2)[C@@H](c2ccccc2)CC1=O. The third kappa shape index (κ3) is 3.11. The van der Waals surface area contributed by atoms with Crippen LogP contribution in [0, 0.1) is 0 Å². The van der Waals surface area contributed by atoms with Gasteiger partial charge in [-0.2, -0.15) is 0 Å². The minimum atomic E-state index is -1.26. The molecule has 114 valence electrons. The van der Waals surface area contributed by atoms with Gasteiger partial charge in [-0.15, -0.1) is 0 Å². The van der Waals surface area contributed by atoms with Gasteiger partial charge in [0.15, 0.2) is 5.78 Å². The second kappa shape index (κ2) is 6.03. The number of piperidine rings is 1. The number of ketones is 1. The highest BCUT2D eigenvalue weighted by Gasteiger charge is 2.41. The first-order chi connectivity index (χ1) is 10.6. The third-order valence-electron chi connectivity index (χ3n) is 4.34. The van der Waals surface area contributed by atoms with E-state index in [-0.39, 0.29) is 11.8 Å². The van der Waals surface area contributed by atoms with Crippen LogP contribution in [0.25, 0.3) is 0 Å². The van der Waals surface area contributed by atoms with Crippen LogP contribution in [0.4, 0.5) is 0 Å². The molecule has 0 unspecified atom stereocenters. The molecule has 2 atom stereocenters. The van der Waals surface area contributed by atoms with Crippen molar-refractivity contribution in [2.75, 3.05) is 6.54 Å². The van der Waals surface area contributed by atoms with Gasteiger partial charge in [0.25, 0.3) is 0 Å². The van der Waals surface area contributed by atoms with E-state index < -0.39 is 5.60 Å². The van der Waals surface area contributed by atoms with E-state index in [2.05, 4.69) is 29.2 Å². The zero-order valence-corrected chi connectivity index (χ0v) is 12.8. The molecule has 3 nitrogen and oxygen atoms in total. The molecule has 1 aliphatic heterocycles. The summed E-state index contributed by atoms with van der Waals surface area (Å²) >= 11 is 0. The fourth-order valence-corrected chi connectivity index (χ4v) is 3.11. The van der Waals surface area contributed by atoms with Crippen LogP contribution in [-0.4, -0.2) is 27.9 Å². The van der Waals surface area contributed by atoms with Gasteiger partial charge in [-0.05, 0) is 18.1 Å². The summed E-state index contributed by atoms with van der Waals surface area (Å²) in [5.74, 6) is -0.0781. The minimum absolute atomic E-state index is 0.0223. The summed E-state index contributed by atoms with van der Waals surface area (Å²) in [6.45, 7) is 2.71. The van der Waals surface area contributed by atoms with Crippen molar-refractivity contribution in [1.29, 1.82) is 0 Å². The number of β-amino-alcohol motifs (C(OH)–C–C–N with tert-alkyl or cyclic N) is 1. The number of carbonyl (C=O) groups is 1. The molecule has 0 radical (unpaired) electrons. The van der Waals surface area contributed by atoms with E-state index in [1.165, 1.54) is 5.56 Å². The summed E-state index contributed by atoms with van der Waals surface area (Å²) in [5, 5.41) is 10.4. The standard InChI is InChI=1S/C19H21NO2/c1-19(22)14-20(13-15-8-4-2-5-9-15)17(12-18(19)21)16-10-6-3-7-11-16/h2-11,17,22H,12-14H2,1H3/t17-,19-/m1/s1. The maximum absolute atomic E-state index is 12.2. The number of nitrogens with zero attached hydrogens (tertiary/aromatic N) is 1. The molecule has 1 heterocycles. The van der Waals surface area contributed by atoms with Gasteiger partial charge >= 0.3 is 0 Å². The maximum atomic E-state index is 12.2. The van der Waals surface area contributed by atoms with Gasteiger partial charge in [-0.3, -0.25) is 9.69 Å². The quantitative estimate of drug-likeness (QED) is 0.946. The first kappa shape index (κ1) is 14.9. The second-order valence-electron chi connectivity index (χ2n) is 6.22. The van der Waals surface area contributed by atoms with Gasteiger partial charge in [-0.25, -0.2) is 0 Å². The third-order valence-corrected chi connectivity index (χ3v) is 4.34. The number of likely N-dealkylation sites (tertiary alicyclic amines) is 1. The summed E-state index contributed by atoms with van der Waals surface area (Å²) in [5.41, 5.74) is 1.05. The largest absolute Gasteiger partial charge is 0.381 e. The highest BCUT2D eigenvalue weighted by atomic mass is 16.3. The Kier molecular flexibility index (Phi) is 4.10. The lowest BCUT2D eigenvalue weighted by Gasteiger charge is -2.42. The first-order valence-electron chi connectivity index (χ1n) is 7.65. The van der Waals surface area contributed by atoms with E-state index in [4.69, 9.17) is 0 Å². The lowest BCUT2D eigenvalue weighted by molar-refractivity contribution is -0.146. The van der Waals surface area contributed by atoms with E-state index >= 15 is 0 Å². The topological polar surface area (TPSA) is 40.5 Å². The molecule has 2 aromatic rings. The van der Waals surface area contributed by atoms with E-state index in [1.54, 1.807) is 6.92 Å². The molecule has 3 heteroatoms. The van der Waals surface area contributed by atoms with Crippen molar-refractivity contribution in [2.45, 2.75) is 31.5 Å². The van der Waals surface area contributed by atoms with Gasteiger partial charge in [0.2, 0.25) is 0 Å².